The fourth-order valence-corrected chi connectivity index (χ4v) is 1.54. The van der Waals surface area contributed by atoms with Crippen LogP contribution in [0.2, 0.25) is 0 Å². The molecule has 0 atom stereocenters. The Morgan fingerprint density at radius 3 is 2.84 bits per heavy atom. The summed E-state index contributed by atoms with van der Waals surface area (Å²) in [5, 5.41) is 17.1. The van der Waals surface area contributed by atoms with Crippen LogP contribution in [0, 0.1) is 10.1 Å². The maximum Gasteiger partial charge on any atom is 0.270 e. The molecule has 0 radical (unpaired) electrons. The van der Waals surface area contributed by atoms with Crippen LogP contribution < -0.4 is 11.1 Å². The first-order valence-corrected chi connectivity index (χ1v) is 5.31. The number of rotatable bonds is 3. The van der Waals surface area contributed by atoms with Crippen LogP contribution in [0.4, 0.5) is 17.1 Å². The molecule has 8 heteroatoms. The molecule has 1 amide bonds. The van der Waals surface area contributed by atoms with Gasteiger partial charge in [0.2, 0.25) is 0 Å². The monoisotopic (exact) mass is 261 g/mol. The summed E-state index contributed by atoms with van der Waals surface area (Å²) < 4.78 is 1.52. The topological polar surface area (TPSA) is 116 Å². The number of non-ortho nitro benzene ring substituents is 1. The van der Waals surface area contributed by atoms with Gasteiger partial charge in [-0.15, -0.1) is 0 Å². The van der Waals surface area contributed by atoms with Gasteiger partial charge in [-0.25, -0.2) is 0 Å². The average molecular weight is 261 g/mol. The molecule has 8 nitrogen and oxygen atoms in total. The number of anilines is 2. The predicted molar refractivity (Wildman–Crippen MR) is 68.7 cm³/mol. The van der Waals surface area contributed by atoms with Gasteiger partial charge in [0.1, 0.15) is 0 Å². The zero-order valence-electron chi connectivity index (χ0n) is 10.0. The molecule has 1 aromatic heterocycles. The summed E-state index contributed by atoms with van der Waals surface area (Å²) in [5.74, 6) is -0.519. The van der Waals surface area contributed by atoms with Crippen molar-refractivity contribution in [2.24, 2.45) is 7.05 Å². The summed E-state index contributed by atoms with van der Waals surface area (Å²) in [6.07, 6.45) is 3.07. The number of nitrogen functional groups attached to an aromatic ring is 1. The van der Waals surface area contributed by atoms with E-state index in [-0.39, 0.29) is 16.9 Å². The second-order valence-corrected chi connectivity index (χ2v) is 3.89. The normalized spacial score (nSPS) is 10.2. The summed E-state index contributed by atoms with van der Waals surface area (Å²) in [4.78, 5) is 22.1. The van der Waals surface area contributed by atoms with Crippen LogP contribution in [0.5, 0.6) is 0 Å². The van der Waals surface area contributed by atoms with Crippen LogP contribution in [0.25, 0.3) is 0 Å². The van der Waals surface area contributed by atoms with Gasteiger partial charge in [-0.3, -0.25) is 19.6 Å². The lowest BCUT2D eigenvalue weighted by molar-refractivity contribution is -0.384. The molecule has 1 heterocycles. The standard InChI is InChI=1S/C11H11N5O3/c1-15-6-7(5-13-15)14-11(17)9-4-8(16(18)19)2-3-10(9)12/h2-6H,12H2,1H3,(H,14,17). The molecular weight excluding hydrogens is 250 g/mol. The Bertz CT molecular complexity index is 650. The molecule has 19 heavy (non-hydrogen) atoms. The second kappa shape index (κ2) is 4.77. The summed E-state index contributed by atoms with van der Waals surface area (Å²) in [5.41, 5.74) is 6.17. The first kappa shape index (κ1) is 12.6. The van der Waals surface area contributed by atoms with Gasteiger partial charge < -0.3 is 11.1 Å². The average Bonchev–Trinajstić information content (AvgIpc) is 2.74. The van der Waals surface area contributed by atoms with Gasteiger partial charge in [0, 0.05) is 31.1 Å². The Hall–Kier alpha value is -2.90. The number of nitrogens with two attached hydrogens (primary N) is 1. The van der Waals surface area contributed by atoms with Crippen LogP contribution in [-0.4, -0.2) is 20.6 Å². The Morgan fingerprint density at radius 2 is 2.26 bits per heavy atom. The minimum Gasteiger partial charge on any atom is -0.398 e. The van der Waals surface area contributed by atoms with E-state index in [2.05, 4.69) is 10.4 Å². The van der Waals surface area contributed by atoms with Gasteiger partial charge in [-0.2, -0.15) is 5.10 Å². The van der Waals surface area contributed by atoms with E-state index in [1.807, 2.05) is 0 Å². The largest absolute Gasteiger partial charge is 0.398 e. The molecule has 1 aromatic carbocycles. The van der Waals surface area contributed by atoms with Crippen molar-refractivity contribution in [3.8, 4) is 0 Å². The molecule has 0 aliphatic rings. The third-order valence-electron chi connectivity index (χ3n) is 2.46. The molecule has 2 aromatic rings. The zero-order valence-corrected chi connectivity index (χ0v) is 10.0. The first-order chi connectivity index (χ1) is 8.97. The SMILES string of the molecule is Cn1cc(NC(=O)c2cc([N+](=O)[O-])ccc2N)cn1. The number of nitro groups is 1. The van der Waals surface area contributed by atoms with Crippen LogP contribution in [-0.2, 0) is 7.05 Å². The van der Waals surface area contributed by atoms with Crippen molar-refractivity contribution in [2.75, 3.05) is 11.1 Å². The fourth-order valence-electron chi connectivity index (χ4n) is 1.54. The maximum absolute atomic E-state index is 12.0. The van der Waals surface area contributed by atoms with Gasteiger partial charge in [0.15, 0.2) is 0 Å². The number of aryl methyl sites for hydroxylation is 1. The van der Waals surface area contributed by atoms with Crippen LogP contribution >= 0.6 is 0 Å². The number of nitro benzene ring substituents is 1. The van der Waals surface area contributed by atoms with E-state index in [4.69, 9.17) is 5.73 Å². The minimum atomic E-state index is -0.583. The first-order valence-electron chi connectivity index (χ1n) is 5.31. The van der Waals surface area contributed by atoms with Gasteiger partial charge in [0.05, 0.1) is 22.4 Å². The summed E-state index contributed by atoms with van der Waals surface area (Å²) in [6.45, 7) is 0. The van der Waals surface area contributed by atoms with Crippen molar-refractivity contribution >= 4 is 23.0 Å². The van der Waals surface area contributed by atoms with E-state index in [1.165, 1.54) is 23.0 Å². The van der Waals surface area contributed by atoms with Crippen molar-refractivity contribution in [1.82, 2.24) is 9.78 Å². The molecule has 2 rings (SSSR count). The van der Waals surface area contributed by atoms with E-state index in [9.17, 15) is 14.9 Å². The highest BCUT2D eigenvalue weighted by atomic mass is 16.6. The second-order valence-electron chi connectivity index (χ2n) is 3.89. The predicted octanol–water partition coefficient (Wildman–Crippen LogP) is 1.16. The quantitative estimate of drug-likeness (QED) is 0.488. The number of carbonyl (C=O) groups is 1. The van der Waals surface area contributed by atoms with Crippen LogP contribution in [0.3, 0.4) is 0 Å². The number of benzene rings is 1. The fraction of sp³-hybridized carbons (Fsp3) is 0.0909. The molecule has 0 unspecified atom stereocenters. The molecule has 0 saturated carbocycles. The maximum atomic E-state index is 12.0. The summed E-state index contributed by atoms with van der Waals surface area (Å²) in [6, 6.07) is 3.72. The summed E-state index contributed by atoms with van der Waals surface area (Å²) >= 11 is 0. The minimum absolute atomic E-state index is 0.0538. The van der Waals surface area contributed by atoms with Crippen LogP contribution in [0.1, 0.15) is 10.4 Å². The molecule has 0 bridgehead atoms. The molecule has 0 saturated heterocycles. The third kappa shape index (κ3) is 2.68. The zero-order chi connectivity index (χ0) is 14.0. The van der Waals surface area contributed by atoms with Gasteiger partial charge in [-0.1, -0.05) is 0 Å². The smallest absolute Gasteiger partial charge is 0.270 e. The van der Waals surface area contributed by atoms with E-state index in [0.717, 1.165) is 6.07 Å². The molecule has 0 spiro atoms. The van der Waals surface area contributed by atoms with E-state index in [0.29, 0.717) is 5.69 Å². The number of hydrogen-bond acceptors (Lipinski definition) is 5. The van der Waals surface area contributed by atoms with Crippen molar-refractivity contribution in [2.45, 2.75) is 0 Å². The number of hydrogen-bond donors (Lipinski definition) is 2. The molecule has 0 aliphatic heterocycles. The number of nitrogens with one attached hydrogen (secondary N) is 1. The lowest BCUT2D eigenvalue weighted by Gasteiger charge is -2.05. The number of carbonyl (C=O) groups excluding carboxylic acids is 1. The Labute approximate surface area is 108 Å². The highest BCUT2D eigenvalue weighted by Gasteiger charge is 2.15. The molecule has 0 fully saturated rings. The third-order valence-corrected chi connectivity index (χ3v) is 2.46. The summed E-state index contributed by atoms with van der Waals surface area (Å²) in [7, 11) is 1.71. The van der Waals surface area contributed by atoms with E-state index in [1.54, 1.807) is 13.2 Å². The molecule has 3 N–H and O–H groups in total. The van der Waals surface area contributed by atoms with Gasteiger partial charge in [0.25, 0.3) is 11.6 Å². The van der Waals surface area contributed by atoms with Crippen molar-refractivity contribution in [3.05, 3.63) is 46.3 Å². The molecular formula is C11H11N5O3. The number of nitrogens with zero attached hydrogens (tertiary/aromatic N) is 3. The highest BCUT2D eigenvalue weighted by molar-refractivity contribution is 6.08. The Balaban J connectivity index is 2.27. The number of aromatic nitrogens is 2. The van der Waals surface area contributed by atoms with Crippen LogP contribution in [0.15, 0.2) is 30.6 Å². The lowest BCUT2D eigenvalue weighted by Crippen LogP contribution is -2.14. The number of amides is 1. The van der Waals surface area contributed by atoms with Gasteiger partial charge >= 0.3 is 0 Å². The molecule has 0 aliphatic carbocycles. The molecule has 98 valence electrons. The van der Waals surface area contributed by atoms with Crippen molar-refractivity contribution < 1.29 is 9.72 Å². The van der Waals surface area contributed by atoms with Crippen molar-refractivity contribution in [1.29, 1.82) is 0 Å². The Kier molecular flexibility index (Phi) is 3.15. The van der Waals surface area contributed by atoms with Gasteiger partial charge in [-0.05, 0) is 6.07 Å². The van der Waals surface area contributed by atoms with E-state index >= 15 is 0 Å². The van der Waals surface area contributed by atoms with E-state index < -0.39 is 10.8 Å². The lowest BCUT2D eigenvalue weighted by atomic mass is 10.1. The Morgan fingerprint density at radius 1 is 1.53 bits per heavy atom. The highest BCUT2D eigenvalue weighted by Crippen LogP contribution is 2.20. The van der Waals surface area contributed by atoms with Crippen molar-refractivity contribution in [3.63, 3.8) is 0 Å².